The zero-order chi connectivity index (χ0) is 33.3. The van der Waals surface area contributed by atoms with E-state index in [9.17, 15) is 33.1 Å². The third-order valence-electron chi connectivity index (χ3n) is 8.83. The summed E-state index contributed by atoms with van der Waals surface area (Å²) in [5.41, 5.74) is -1.73. The number of aliphatic carboxylic acids is 1. The number of hydrogen-bond donors (Lipinski definition) is 3. The number of carboxylic acids is 1. The van der Waals surface area contributed by atoms with Gasteiger partial charge in [0, 0.05) is 25.3 Å². The number of alkyl halides is 2. The summed E-state index contributed by atoms with van der Waals surface area (Å²) in [6.07, 6.45) is 6.95. The number of ether oxygens (including phenoxy) is 1. The third-order valence-corrected chi connectivity index (χ3v) is 8.83. The standard InChI is InChI=1S/C32H34F2N6O7/c1-31(33,34)25-28(37-21-11-8-7-10-20(21)35-25)47-19-15-24-27(42)38-32(30(44)45)16-18(32)9-5-3-2-4-6-12-23(29(43)40(24)17-19)36-26(41)22-13-14-46-39-22/h5,7-11,13-14,18-19,23-24H,2-4,6,12,15-17H2,1H3,(H,36,41)(H,38,42)(H,44,45)/t18-,19-,23+,24+,32-/m1/s1. The Morgan fingerprint density at radius 1 is 1.15 bits per heavy atom. The monoisotopic (exact) mass is 652 g/mol. The maximum atomic E-state index is 14.7. The van der Waals surface area contributed by atoms with Crippen molar-refractivity contribution in [2.45, 2.75) is 81.5 Å². The van der Waals surface area contributed by atoms with Gasteiger partial charge in [-0.15, -0.1) is 0 Å². The van der Waals surface area contributed by atoms with Crippen molar-refractivity contribution in [2.75, 3.05) is 6.54 Å². The van der Waals surface area contributed by atoms with Crippen molar-refractivity contribution in [1.82, 2.24) is 30.7 Å². The zero-order valence-electron chi connectivity index (χ0n) is 25.5. The average molecular weight is 653 g/mol. The number of aromatic nitrogens is 3. The molecule has 248 valence electrons. The number of carbonyl (C=O) groups is 4. The highest BCUT2D eigenvalue weighted by Crippen LogP contribution is 2.45. The van der Waals surface area contributed by atoms with Gasteiger partial charge >= 0.3 is 5.97 Å². The van der Waals surface area contributed by atoms with E-state index in [-0.39, 0.29) is 37.0 Å². The molecule has 3 aliphatic rings. The van der Waals surface area contributed by atoms with Crippen LogP contribution in [0, 0.1) is 5.92 Å². The number of carbonyl (C=O) groups excluding carboxylic acids is 3. The van der Waals surface area contributed by atoms with Crippen molar-refractivity contribution in [3.63, 3.8) is 0 Å². The number of hydrogen-bond acceptors (Lipinski definition) is 9. The topological polar surface area (TPSA) is 177 Å². The number of halogens is 2. The lowest BCUT2D eigenvalue weighted by Gasteiger charge is -2.29. The molecule has 6 rings (SSSR count). The molecule has 1 aliphatic carbocycles. The molecule has 3 N–H and O–H groups in total. The molecular formula is C32H34F2N6O7. The minimum absolute atomic E-state index is 0.0400. The predicted molar refractivity (Wildman–Crippen MR) is 160 cm³/mol. The first-order valence-corrected chi connectivity index (χ1v) is 15.5. The third kappa shape index (κ3) is 6.65. The van der Waals surface area contributed by atoms with E-state index in [1.807, 2.05) is 6.08 Å². The summed E-state index contributed by atoms with van der Waals surface area (Å²) < 4.78 is 40.2. The lowest BCUT2D eigenvalue weighted by Crippen LogP contribution is -2.56. The molecule has 2 fully saturated rings. The summed E-state index contributed by atoms with van der Waals surface area (Å²) in [6, 6.07) is 5.49. The van der Waals surface area contributed by atoms with Gasteiger partial charge in [-0.2, -0.15) is 8.78 Å². The number of allylic oxidation sites excluding steroid dienone is 1. The van der Waals surface area contributed by atoms with Crippen LogP contribution >= 0.6 is 0 Å². The lowest BCUT2D eigenvalue weighted by atomic mass is 10.0. The maximum Gasteiger partial charge on any atom is 0.330 e. The Morgan fingerprint density at radius 2 is 1.91 bits per heavy atom. The van der Waals surface area contributed by atoms with Gasteiger partial charge in [-0.3, -0.25) is 14.4 Å². The Balaban J connectivity index is 1.33. The molecule has 2 aliphatic heterocycles. The number of fused-ring (bicyclic) bond motifs is 3. The van der Waals surface area contributed by atoms with Crippen molar-refractivity contribution in [3.05, 3.63) is 60.1 Å². The first-order chi connectivity index (χ1) is 22.5. The minimum Gasteiger partial charge on any atom is -0.479 e. The smallest absolute Gasteiger partial charge is 0.330 e. The van der Waals surface area contributed by atoms with Crippen LogP contribution in [0.1, 0.15) is 68.1 Å². The number of nitrogens with zero attached hydrogens (tertiary/aromatic N) is 4. The molecule has 13 nitrogen and oxygen atoms in total. The molecule has 0 unspecified atom stereocenters. The summed E-state index contributed by atoms with van der Waals surface area (Å²) in [7, 11) is 0. The fourth-order valence-corrected chi connectivity index (χ4v) is 6.22. The van der Waals surface area contributed by atoms with Crippen LogP contribution in [0.2, 0.25) is 0 Å². The van der Waals surface area contributed by atoms with Crippen LogP contribution in [0.3, 0.4) is 0 Å². The molecule has 2 aromatic heterocycles. The molecule has 3 amide bonds. The normalized spacial score (nSPS) is 26.8. The van der Waals surface area contributed by atoms with E-state index in [0.29, 0.717) is 25.3 Å². The van der Waals surface area contributed by atoms with Gasteiger partial charge < -0.3 is 29.9 Å². The number of carboxylic acid groups (broad SMARTS) is 1. The Bertz CT molecular complexity index is 1710. The second-order valence-electron chi connectivity index (χ2n) is 12.3. The van der Waals surface area contributed by atoms with Crippen molar-refractivity contribution in [2.24, 2.45) is 5.92 Å². The number of rotatable bonds is 6. The molecule has 0 bridgehead atoms. The van der Waals surface area contributed by atoms with Crippen LogP contribution < -0.4 is 15.4 Å². The van der Waals surface area contributed by atoms with E-state index in [4.69, 9.17) is 9.26 Å². The van der Waals surface area contributed by atoms with E-state index in [0.717, 1.165) is 12.8 Å². The predicted octanol–water partition coefficient (Wildman–Crippen LogP) is 3.36. The van der Waals surface area contributed by atoms with Crippen molar-refractivity contribution < 1.29 is 42.3 Å². The highest BCUT2D eigenvalue weighted by atomic mass is 19.3. The van der Waals surface area contributed by atoms with Crippen molar-refractivity contribution >= 4 is 34.7 Å². The second-order valence-corrected chi connectivity index (χ2v) is 12.3. The minimum atomic E-state index is -3.43. The van der Waals surface area contributed by atoms with Gasteiger partial charge in [0.15, 0.2) is 11.4 Å². The van der Waals surface area contributed by atoms with Crippen molar-refractivity contribution in [3.8, 4) is 5.88 Å². The number of amides is 3. The van der Waals surface area contributed by atoms with Gasteiger partial charge in [0.05, 0.1) is 17.6 Å². The van der Waals surface area contributed by atoms with E-state index in [2.05, 4.69) is 25.8 Å². The van der Waals surface area contributed by atoms with Gasteiger partial charge in [0.2, 0.25) is 17.7 Å². The summed E-state index contributed by atoms with van der Waals surface area (Å²) in [5.74, 6) is -7.50. The fraction of sp³-hybridized carbons (Fsp3) is 0.469. The van der Waals surface area contributed by atoms with Gasteiger partial charge in [-0.25, -0.2) is 14.8 Å². The molecule has 0 spiro atoms. The molecule has 5 atom stereocenters. The summed E-state index contributed by atoms with van der Waals surface area (Å²) >= 11 is 0. The zero-order valence-corrected chi connectivity index (χ0v) is 25.5. The van der Waals surface area contributed by atoms with E-state index in [1.165, 1.54) is 17.2 Å². The highest BCUT2D eigenvalue weighted by molar-refractivity contribution is 5.98. The molecule has 1 saturated heterocycles. The first-order valence-electron chi connectivity index (χ1n) is 15.5. The number of nitrogens with one attached hydrogen (secondary N) is 2. The molecule has 0 radical (unpaired) electrons. The molecule has 3 aromatic rings. The lowest BCUT2D eigenvalue weighted by molar-refractivity contribution is -0.145. The molecule has 15 heteroatoms. The number of para-hydroxylation sites is 2. The highest BCUT2D eigenvalue weighted by Gasteiger charge is 2.61. The van der Waals surface area contributed by atoms with Crippen LogP contribution in [0.4, 0.5) is 8.78 Å². The molecule has 1 saturated carbocycles. The van der Waals surface area contributed by atoms with Gasteiger partial charge in [-0.05, 0) is 37.8 Å². The Hall–Kier alpha value is -4.95. The van der Waals surface area contributed by atoms with Crippen LogP contribution in [0.15, 0.2) is 53.3 Å². The summed E-state index contributed by atoms with van der Waals surface area (Å²) in [6.45, 7) is 0.447. The maximum absolute atomic E-state index is 14.7. The van der Waals surface area contributed by atoms with Gasteiger partial charge in [-0.1, -0.05) is 42.3 Å². The molecule has 47 heavy (non-hydrogen) atoms. The van der Waals surface area contributed by atoms with Gasteiger partial charge in [0.1, 0.15) is 30.0 Å². The van der Waals surface area contributed by atoms with E-state index < -0.39 is 70.8 Å². The summed E-state index contributed by atoms with van der Waals surface area (Å²) in [5, 5.41) is 19.1. The number of benzene rings is 1. The first kappa shape index (κ1) is 32.0. The van der Waals surface area contributed by atoms with E-state index in [1.54, 1.807) is 30.3 Å². The molecule has 1 aromatic carbocycles. The van der Waals surface area contributed by atoms with Gasteiger partial charge in [0.25, 0.3) is 11.8 Å². The second kappa shape index (κ2) is 12.7. The SMILES string of the molecule is CC(F)(F)c1nc2ccccc2nc1O[C@@H]1C[C@H]2C(=O)N[C@]3(C(=O)O)C[C@H]3C=CCCCCC[C@H](NC(=O)c3ccon3)C(=O)N2C1. The summed E-state index contributed by atoms with van der Waals surface area (Å²) in [4.78, 5) is 62.9. The Kier molecular flexibility index (Phi) is 8.64. The fourth-order valence-electron chi connectivity index (χ4n) is 6.22. The Morgan fingerprint density at radius 3 is 2.62 bits per heavy atom. The Labute approximate surface area is 267 Å². The van der Waals surface area contributed by atoms with E-state index >= 15 is 0 Å². The molecular weight excluding hydrogens is 618 g/mol. The average Bonchev–Trinajstić information content (AvgIpc) is 3.35. The van der Waals surface area contributed by atoms with Crippen molar-refractivity contribution in [1.29, 1.82) is 0 Å². The van der Waals surface area contributed by atoms with Crippen LogP contribution in [-0.2, 0) is 20.3 Å². The van der Waals surface area contributed by atoms with Crippen LogP contribution in [0.25, 0.3) is 11.0 Å². The van der Waals surface area contributed by atoms with Crippen LogP contribution in [0.5, 0.6) is 5.88 Å². The quantitative estimate of drug-likeness (QED) is 0.335. The molecule has 4 heterocycles. The van der Waals surface area contributed by atoms with Crippen LogP contribution in [-0.4, -0.2) is 79.1 Å². The largest absolute Gasteiger partial charge is 0.479 e.